The Morgan fingerprint density at radius 1 is 1.32 bits per heavy atom. The van der Waals surface area contributed by atoms with E-state index < -0.39 is 0 Å². The molecule has 0 radical (unpaired) electrons. The van der Waals surface area contributed by atoms with Crippen molar-refractivity contribution < 1.29 is 9.53 Å². The number of rotatable bonds is 9. The molecule has 3 heteroatoms. The SMILES string of the molecule is CCCCC(CC)COCC(=O)c1ccccc1Cl. The molecule has 1 aromatic rings. The smallest absolute Gasteiger partial charge is 0.189 e. The maximum atomic E-state index is 11.9. The number of benzene rings is 1. The Morgan fingerprint density at radius 2 is 2.05 bits per heavy atom. The van der Waals surface area contributed by atoms with Crippen LogP contribution in [0.3, 0.4) is 0 Å². The maximum Gasteiger partial charge on any atom is 0.189 e. The first-order chi connectivity index (χ1) is 9.19. The first-order valence-electron chi connectivity index (χ1n) is 7.04. The van der Waals surface area contributed by atoms with Gasteiger partial charge in [-0.15, -0.1) is 0 Å². The zero-order valence-corrected chi connectivity index (χ0v) is 12.6. The molecule has 0 bridgehead atoms. The summed E-state index contributed by atoms with van der Waals surface area (Å²) in [6, 6.07) is 7.10. The van der Waals surface area contributed by atoms with E-state index in [4.69, 9.17) is 16.3 Å². The second kappa shape index (κ2) is 9.11. The summed E-state index contributed by atoms with van der Waals surface area (Å²) < 4.78 is 5.55. The van der Waals surface area contributed by atoms with Crippen molar-refractivity contribution in [1.29, 1.82) is 0 Å². The zero-order chi connectivity index (χ0) is 14.1. The molecule has 1 rings (SSSR count). The van der Waals surface area contributed by atoms with Gasteiger partial charge in [0.25, 0.3) is 0 Å². The molecular formula is C16H23ClO2. The lowest BCUT2D eigenvalue weighted by Gasteiger charge is -2.14. The van der Waals surface area contributed by atoms with Crippen LogP contribution in [0, 0.1) is 5.92 Å². The number of hydrogen-bond donors (Lipinski definition) is 0. The summed E-state index contributed by atoms with van der Waals surface area (Å²) in [5.74, 6) is 0.509. The van der Waals surface area contributed by atoms with Crippen molar-refractivity contribution >= 4 is 17.4 Å². The molecule has 106 valence electrons. The predicted octanol–water partition coefficient (Wildman–Crippen LogP) is 4.76. The van der Waals surface area contributed by atoms with Gasteiger partial charge in [-0.25, -0.2) is 0 Å². The highest BCUT2D eigenvalue weighted by molar-refractivity contribution is 6.34. The van der Waals surface area contributed by atoms with Gasteiger partial charge < -0.3 is 4.74 Å². The molecule has 0 spiro atoms. The highest BCUT2D eigenvalue weighted by Crippen LogP contribution is 2.16. The van der Waals surface area contributed by atoms with Gasteiger partial charge in [0.2, 0.25) is 0 Å². The Labute approximate surface area is 121 Å². The minimum atomic E-state index is -0.0454. The zero-order valence-electron chi connectivity index (χ0n) is 11.8. The van der Waals surface area contributed by atoms with Crippen molar-refractivity contribution in [3.63, 3.8) is 0 Å². The quantitative estimate of drug-likeness (QED) is 0.611. The molecule has 1 unspecified atom stereocenters. The minimum Gasteiger partial charge on any atom is -0.373 e. The molecular weight excluding hydrogens is 260 g/mol. The van der Waals surface area contributed by atoms with Crippen molar-refractivity contribution in [3.8, 4) is 0 Å². The molecule has 0 fully saturated rings. The molecule has 2 nitrogen and oxygen atoms in total. The second-order valence-corrected chi connectivity index (χ2v) is 5.24. The third-order valence-corrected chi connectivity index (χ3v) is 3.63. The van der Waals surface area contributed by atoms with Gasteiger partial charge in [-0.3, -0.25) is 4.79 Å². The van der Waals surface area contributed by atoms with Crippen LogP contribution in [0.1, 0.15) is 49.9 Å². The number of carbonyl (C=O) groups is 1. The van der Waals surface area contributed by atoms with Gasteiger partial charge in [0, 0.05) is 12.2 Å². The van der Waals surface area contributed by atoms with Crippen LogP contribution in [0.15, 0.2) is 24.3 Å². The standard InChI is InChI=1S/C16H23ClO2/c1-3-5-8-13(4-2)11-19-12-16(18)14-9-6-7-10-15(14)17/h6-7,9-10,13H,3-5,8,11-12H2,1-2H3. The first kappa shape index (κ1) is 16.2. The molecule has 0 N–H and O–H groups in total. The molecule has 0 aliphatic rings. The van der Waals surface area contributed by atoms with E-state index in [9.17, 15) is 4.79 Å². The van der Waals surface area contributed by atoms with Crippen LogP contribution in [0.4, 0.5) is 0 Å². The number of halogens is 1. The fourth-order valence-electron chi connectivity index (χ4n) is 1.98. The van der Waals surface area contributed by atoms with Crippen LogP contribution in [0.5, 0.6) is 0 Å². The summed E-state index contributed by atoms with van der Waals surface area (Å²) in [6.07, 6.45) is 4.70. The Kier molecular flexibility index (Phi) is 7.76. The van der Waals surface area contributed by atoms with Gasteiger partial charge in [-0.2, -0.15) is 0 Å². The van der Waals surface area contributed by atoms with Gasteiger partial charge in [0.1, 0.15) is 6.61 Å². The number of hydrogen-bond acceptors (Lipinski definition) is 2. The number of unbranched alkanes of at least 4 members (excludes halogenated alkanes) is 1. The third kappa shape index (κ3) is 5.75. The number of ketones is 1. The van der Waals surface area contributed by atoms with Gasteiger partial charge in [-0.1, -0.05) is 56.8 Å². The molecule has 0 aliphatic heterocycles. The van der Waals surface area contributed by atoms with Gasteiger partial charge in [-0.05, 0) is 24.5 Å². The van der Waals surface area contributed by atoms with Crippen LogP contribution in [0.2, 0.25) is 5.02 Å². The van der Waals surface area contributed by atoms with Crippen molar-refractivity contribution in [1.82, 2.24) is 0 Å². The van der Waals surface area contributed by atoms with Crippen molar-refractivity contribution in [2.75, 3.05) is 13.2 Å². The Bertz CT molecular complexity index is 390. The van der Waals surface area contributed by atoms with Crippen molar-refractivity contribution in [3.05, 3.63) is 34.9 Å². The molecule has 19 heavy (non-hydrogen) atoms. The summed E-state index contributed by atoms with van der Waals surface area (Å²) in [5, 5.41) is 0.495. The van der Waals surface area contributed by atoms with Crippen LogP contribution in [-0.4, -0.2) is 19.0 Å². The maximum absolute atomic E-state index is 11.9. The number of Topliss-reactive ketones (excluding diaryl/α,β-unsaturated/α-hetero) is 1. The van der Waals surface area contributed by atoms with Crippen LogP contribution in [-0.2, 0) is 4.74 Å². The lowest BCUT2D eigenvalue weighted by molar-refractivity contribution is 0.0658. The minimum absolute atomic E-state index is 0.0454. The first-order valence-corrected chi connectivity index (χ1v) is 7.42. The summed E-state index contributed by atoms with van der Waals surface area (Å²) >= 11 is 5.98. The topological polar surface area (TPSA) is 26.3 Å². The summed E-state index contributed by atoms with van der Waals surface area (Å²) in [5.41, 5.74) is 0.547. The molecule has 0 aromatic heterocycles. The van der Waals surface area contributed by atoms with E-state index in [1.807, 2.05) is 12.1 Å². The number of carbonyl (C=O) groups excluding carboxylic acids is 1. The van der Waals surface area contributed by atoms with E-state index in [1.54, 1.807) is 12.1 Å². The monoisotopic (exact) mass is 282 g/mol. The lowest BCUT2D eigenvalue weighted by Crippen LogP contribution is -2.15. The largest absolute Gasteiger partial charge is 0.373 e. The Balaban J connectivity index is 2.36. The predicted molar refractivity (Wildman–Crippen MR) is 79.9 cm³/mol. The average molecular weight is 283 g/mol. The van der Waals surface area contributed by atoms with Crippen molar-refractivity contribution in [2.24, 2.45) is 5.92 Å². The summed E-state index contributed by atoms with van der Waals surface area (Å²) in [6.45, 7) is 5.13. The highest BCUT2D eigenvalue weighted by atomic mass is 35.5. The average Bonchev–Trinajstić information content (AvgIpc) is 2.42. The molecule has 1 aromatic carbocycles. The van der Waals surface area contributed by atoms with Gasteiger partial charge >= 0.3 is 0 Å². The van der Waals surface area contributed by atoms with Crippen molar-refractivity contribution in [2.45, 2.75) is 39.5 Å². The van der Waals surface area contributed by atoms with Gasteiger partial charge in [0.15, 0.2) is 5.78 Å². The van der Waals surface area contributed by atoms with E-state index in [-0.39, 0.29) is 12.4 Å². The normalized spacial score (nSPS) is 12.4. The molecule has 1 atom stereocenters. The lowest BCUT2D eigenvalue weighted by atomic mass is 10.0. The number of ether oxygens (including phenoxy) is 1. The highest BCUT2D eigenvalue weighted by Gasteiger charge is 2.11. The fourth-order valence-corrected chi connectivity index (χ4v) is 2.22. The van der Waals surface area contributed by atoms with Crippen LogP contribution >= 0.6 is 11.6 Å². The molecule has 0 saturated heterocycles. The Morgan fingerprint density at radius 3 is 2.68 bits per heavy atom. The van der Waals surface area contributed by atoms with E-state index >= 15 is 0 Å². The van der Waals surface area contributed by atoms with Crippen LogP contribution in [0.25, 0.3) is 0 Å². The van der Waals surface area contributed by atoms with E-state index in [2.05, 4.69) is 13.8 Å². The third-order valence-electron chi connectivity index (χ3n) is 3.30. The van der Waals surface area contributed by atoms with Crippen LogP contribution < -0.4 is 0 Å². The summed E-state index contributed by atoms with van der Waals surface area (Å²) in [4.78, 5) is 11.9. The van der Waals surface area contributed by atoms with Gasteiger partial charge in [0.05, 0.1) is 5.02 Å². The molecule has 0 amide bonds. The summed E-state index contributed by atoms with van der Waals surface area (Å²) in [7, 11) is 0. The molecule has 0 saturated carbocycles. The fraction of sp³-hybridized carbons (Fsp3) is 0.562. The molecule has 0 heterocycles. The van der Waals surface area contributed by atoms with E-state index in [0.717, 1.165) is 6.42 Å². The van der Waals surface area contributed by atoms with E-state index in [0.29, 0.717) is 23.1 Å². The Hall–Kier alpha value is -0.860. The molecule has 0 aliphatic carbocycles. The van der Waals surface area contributed by atoms with E-state index in [1.165, 1.54) is 19.3 Å². The second-order valence-electron chi connectivity index (χ2n) is 4.83.